The van der Waals surface area contributed by atoms with Gasteiger partial charge in [-0.25, -0.2) is 18.7 Å². The van der Waals surface area contributed by atoms with Crippen molar-refractivity contribution in [1.29, 1.82) is 0 Å². The molecule has 0 aliphatic carbocycles. The van der Waals surface area contributed by atoms with E-state index in [1.54, 1.807) is 0 Å². The third-order valence-corrected chi connectivity index (χ3v) is 2.43. The molecule has 0 spiro atoms. The summed E-state index contributed by atoms with van der Waals surface area (Å²) in [7, 11) is -3.27. The highest BCUT2D eigenvalue weighted by Gasteiger charge is 2.14. The largest absolute Gasteiger partial charge is 0.435 e. The molecule has 15 heavy (non-hydrogen) atoms. The average Bonchev–Trinajstić information content (AvgIpc) is 2.40. The molecule has 0 radical (unpaired) electrons. The summed E-state index contributed by atoms with van der Waals surface area (Å²) >= 11 is 0. The molecule has 9 nitrogen and oxygen atoms in total. The fourth-order valence-electron chi connectivity index (χ4n) is 1.19. The molecule has 2 heterocycles. The Morgan fingerprint density at radius 3 is 2.27 bits per heavy atom. The minimum atomic E-state index is -3.27. The highest BCUT2D eigenvalue weighted by atomic mass is 31.1. The van der Waals surface area contributed by atoms with E-state index in [1.807, 2.05) is 9.97 Å². The van der Waals surface area contributed by atoms with Gasteiger partial charge < -0.3 is 0 Å². The van der Waals surface area contributed by atoms with Crippen LogP contribution in [0.15, 0.2) is 14.4 Å². The topological polar surface area (TPSA) is 138 Å². The van der Waals surface area contributed by atoms with Crippen molar-refractivity contribution < 1.29 is 9.13 Å². The van der Waals surface area contributed by atoms with E-state index in [0.29, 0.717) is 0 Å². The zero-order chi connectivity index (χ0) is 11.2. The second-order valence-electron chi connectivity index (χ2n) is 2.61. The minimum Gasteiger partial charge on any atom is -0.292 e. The van der Waals surface area contributed by atoms with E-state index in [4.69, 9.17) is 0 Å². The van der Waals surface area contributed by atoms with Crippen LogP contribution >= 0.6 is 7.83 Å². The summed E-state index contributed by atoms with van der Waals surface area (Å²) < 4.78 is 21.6. The van der Waals surface area contributed by atoms with Gasteiger partial charge in [0.25, 0.3) is 5.56 Å². The lowest BCUT2D eigenvalue weighted by Gasteiger charge is -1.87. The molecular formula is C5H3N4O5P. The lowest BCUT2D eigenvalue weighted by molar-refractivity contribution is 0.508. The van der Waals surface area contributed by atoms with E-state index in [0.717, 1.165) is 0 Å². The molecule has 0 fully saturated rings. The summed E-state index contributed by atoms with van der Waals surface area (Å²) in [4.78, 5) is 39.0. The van der Waals surface area contributed by atoms with Crippen LogP contribution in [-0.4, -0.2) is 19.3 Å². The van der Waals surface area contributed by atoms with Crippen LogP contribution in [0, 0.1) is 0 Å². The van der Waals surface area contributed by atoms with Crippen LogP contribution in [-0.2, 0) is 9.13 Å². The summed E-state index contributed by atoms with van der Waals surface area (Å²) in [6.07, 6.45) is 0. The van der Waals surface area contributed by atoms with Crippen LogP contribution < -0.4 is 16.9 Å². The van der Waals surface area contributed by atoms with Crippen molar-refractivity contribution in [3.63, 3.8) is 0 Å². The van der Waals surface area contributed by atoms with Crippen LogP contribution in [0.4, 0.5) is 0 Å². The van der Waals surface area contributed by atoms with Crippen molar-refractivity contribution in [1.82, 2.24) is 19.3 Å². The Hall–Kier alpha value is -2.15. The first kappa shape index (κ1) is 9.41. The summed E-state index contributed by atoms with van der Waals surface area (Å²) in [5.74, 6) is 0. The van der Waals surface area contributed by atoms with Gasteiger partial charge in [0.15, 0.2) is 5.52 Å². The van der Waals surface area contributed by atoms with E-state index in [2.05, 4.69) is 4.98 Å². The van der Waals surface area contributed by atoms with E-state index >= 15 is 0 Å². The summed E-state index contributed by atoms with van der Waals surface area (Å²) in [5, 5.41) is 0. The number of imidazole rings is 1. The van der Waals surface area contributed by atoms with Gasteiger partial charge in [0, 0.05) is 0 Å². The molecule has 0 amide bonds. The molecule has 0 aliphatic rings. The number of fused-ring (bicyclic) bond motifs is 1. The Kier molecular flexibility index (Phi) is 1.83. The molecule has 2 aromatic rings. The van der Waals surface area contributed by atoms with Crippen molar-refractivity contribution in [2.75, 3.05) is 0 Å². The molecule has 2 aromatic heterocycles. The minimum absolute atomic E-state index is 0.229. The highest BCUT2D eigenvalue weighted by molar-refractivity contribution is 7.29. The molecule has 78 valence electrons. The fourth-order valence-corrected chi connectivity index (χ4v) is 1.74. The number of hydrogen-bond donors (Lipinski definition) is 3. The molecule has 0 unspecified atom stereocenters. The molecule has 0 aliphatic heterocycles. The van der Waals surface area contributed by atoms with Crippen LogP contribution in [0.2, 0.25) is 0 Å². The first-order valence-electron chi connectivity index (χ1n) is 3.62. The molecule has 10 heteroatoms. The molecule has 0 saturated heterocycles. The molecular weight excluding hydrogens is 227 g/mol. The average molecular weight is 230 g/mol. The van der Waals surface area contributed by atoms with E-state index in [1.165, 1.54) is 0 Å². The Bertz CT molecular complexity index is 763. The quantitative estimate of drug-likeness (QED) is 0.519. The van der Waals surface area contributed by atoms with Gasteiger partial charge in [0.2, 0.25) is 0 Å². The van der Waals surface area contributed by atoms with Gasteiger partial charge in [-0.15, -0.1) is 0 Å². The van der Waals surface area contributed by atoms with Crippen LogP contribution in [0.25, 0.3) is 11.2 Å². The molecule has 2 rings (SSSR count). The van der Waals surface area contributed by atoms with Crippen LogP contribution in [0.3, 0.4) is 0 Å². The van der Waals surface area contributed by atoms with Crippen molar-refractivity contribution >= 4 is 19.0 Å². The van der Waals surface area contributed by atoms with Crippen LogP contribution in [0.1, 0.15) is 0 Å². The van der Waals surface area contributed by atoms with Gasteiger partial charge in [-0.05, 0) is 0 Å². The Balaban J connectivity index is 3.21. The number of nitrogens with one attached hydrogen (secondary N) is 3. The zero-order valence-corrected chi connectivity index (χ0v) is 7.83. The predicted molar refractivity (Wildman–Crippen MR) is 47.5 cm³/mol. The zero-order valence-electron chi connectivity index (χ0n) is 6.94. The number of aromatic nitrogens is 4. The lowest BCUT2D eigenvalue weighted by Crippen LogP contribution is -2.23. The Labute approximate surface area is 79.6 Å². The molecule has 0 aromatic carbocycles. The monoisotopic (exact) mass is 230 g/mol. The van der Waals surface area contributed by atoms with E-state index in [-0.39, 0.29) is 9.98 Å². The van der Waals surface area contributed by atoms with E-state index in [9.17, 15) is 23.5 Å². The van der Waals surface area contributed by atoms with Gasteiger partial charge in [0.1, 0.15) is 5.65 Å². The second kappa shape index (κ2) is 2.92. The first-order chi connectivity index (χ1) is 7.00. The Morgan fingerprint density at radius 2 is 1.67 bits per heavy atom. The molecule has 0 bridgehead atoms. The SMILES string of the molecule is O=c1[nH]c(=O)c2c([nH]1)[nH]c(=O)n2P(=O)=O. The second-order valence-corrected chi connectivity index (χ2v) is 3.49. The predicted octanol–water partition coefficient (Wildman–Crippen LogP) is -1.36. The van der Waals surface area contributed by atoms with Gasteiger partial charge in [-0.2, -0.15) is 4.34 Å². The van der Waals surface area contributed by atoms with Crippen molar-refractivity contribution in [3.8, 4) is 0 Å². The highest BCUT2D eigenvalue weighted by Crippen LogP contribution is 2.10. The molecule has 3 N–H and O–H groups in total. The normalized spacial score (nSPS) is 10.7. The third-order valence-electron chi connectivity index (χ3n) is 1.72. The summed E-state index contributed by atoms with van der Waals surface area (Å²) in [6, 6.07) is 0. The number of rotatable bonds is 1. The standard InChI is InChI=1S/C5H3N4O5P/c10-3-1-2(6-4(11)8-3)7-5(12)9(1)15(13)14/h(H3,6,7,8,10,11,12). The fraction of sp³-hybridized carbons (Fsp3) is 0. The summed E-state index contributed by atoms with van der Waals surface area (Å²) in [6.45, 7) is 0. The van der Waals surface area contributed by atoms with Crippen molar-refractivity contribution in [2.45, 2.75) is 0 Å². The summed E-state index contributed by atoms with van der Waals surface area (Å²) in [5.41, 5.74) is -3.45. The Morgan fingerprint density at radius 1 is 1.00 bits per heavy atom. The third kappa shape index (κ3) is 1.29. The van der Waals surface area contributed by atoms with Crippen molar-refractivity contribution in [3.05, 3.63) is 31.3 Å². The van der Waals surface area contributed by atoms with Gasteiger partial charge >= 0.3 is 19.2 Å². The van der Waals surface area contributed by atoms with E-state index < -0.39 is 30.3 Å². The lowest BCUT2D eigenvalue weighted by atomic mass is 10.5. The molecule has 0 atom stereocenters. The van der Waals surface area contributed by atoms with Gasteiger partial charge in [-0.3, -0.25) is 19.7 Å². The maximum Gasteiger partial charge on any atom is 0.435 e. The smallest absolute Gasteiger partial charge is 0.292 e. The number of H-pyrrole nitrogens is 3. The van der Waals surface area contributed by atoms with Gasteiger partial charge in [-0.1, -0.05) is 0 Å². The number of nitrogens with zero attached hydrogens (tertiary/aromatic N) is 1. The molecule has 0 saturated carbocycles. The van der Waals surface area contributed by atoms with Crippen molar-refractivity contribution in [2.24, 2.45) is 0 Å². The van der Waals surface area contributed by atoms with Crippen LogP contribution in [0.5, 0.6) is 0 Å². The maximum atomic E-state index is 11.2. The number of hydrogen-bond acceptors (Lipinski definition) is 5. The van der Waals surface area contributed by atoms with Gasteiger partial charge in [0.05, 0.1) is 0 Å². The first-order valence-corrected chi connectivity index (χ1v) is 4.76. The maximum absolute atomic E-state index is 11.2. The number of aromatic amines is 3.